The Hall–Kier alpha value is 0.250. The second kappa shape index (κ2) is 5.93. The van der Waals surface area contributed by atoms with Crippen LogP contribution in [-0.4, -0.2) is 15.0 Å². The van der Waals surface area contributed by atoms with E-state index in [1.54, 1.807) is 0 Å². The van der Waals surface area contributed by atoms with Crippen LogP contribution in [0.5, 0.6) is 5.75 Å². The van der Waals surface area contributed by atoms with Crippen molar-refractivity contribution in [3.63, 3.8) is 0 Å². The van der Waals surface area contributed by atoms with Crippen LogP contribution in [0.2, 0.25) is 5.02 Å². The van der Waals surface area contributed by atoms with Crippen LogP contribution in [0, 0.1) is 0 Å². The van der Waals surface area contributed by atoms with E-state index < -0.39 is 9.05 Å². The maximum Gasteiger partial charge on any atom is 0.265 e. The summed E-state index contributed by atoms with van der Waals surface area (Å²) in [6, 6.07) is 2.83. The molecule has 0 N–H and O–H groups in total. The average Bonchev–Trinajstić information content (AvgIpc) is 2.13. The second-order valence-corrected chi connectivity index (χ2v) is 7.94. The van der Waals surface area contributed by atoms with Gasteiger partial charge in [0.15, 0.2) is 5.75 Å². The third kappa shape index (κ3) is 4.44. The molecule has 0 saturated heterocycles. The van der Waals surface area contributed by atoms with Crippen LogP contribution in [0.4, 0.5) is 0 Å². The molecule has 0 bridgehead atoms. The van der Waals surface area contributed by atoms with Gasteiger partial charge < -0.3 is 4.74 Å². The Morgan fingerprint density at radius 3 is 2.53 bits per heavy atom. The minimum atomic E-state index is -3.94. The lowest BCUT2D eigenvalue weighted by Crippen LogP contribution is -2.02. The largest absolute Gasteiger partial charge is 0.485 e. The summed E-state index contributed by atoms with van der Waals surface area (Å²) in [6.07, 6.45) is 0. The number of hydrogen-bond acceptors (Lipinski definition) is 3. The molecule has 3 nitrogen and oxygen atoms in total. The molecule has 17 heavy (non-hydrogen) atoms. The summed E-state index contributed by atoms with van der Waals surface area (Å²) >= 11 is 12.1. The van der Waals surface area contributed by atoms with E-state index in [1.807, 2.05) is 0 Å². The smallest absolute Gasteiger partial charge is 0.265 e. The van der Waals surface area contributed by atoms with E-state index in [-0.39, 0.29) is 22.3 Å². The highest BCUT2D eigenvalue weighted by Crippen LogP contribution is 2.37. The van der Waals surface area contributed by atoms with Crippen molar-refractivity contribution in [2.75, 3.05) is 6.61 Å². The Balaban J connectivity index is 3.31. The van der Waals surface area contributed by atoms with E-state index in [0.717, 1.165) is 0 Å². The molecular formula is C9H6Br2Cl2O3S. The van der Waals surface area contributed by atoms with Crippen LogP contribution >= 0.6 is 54.1 Å². The van der Waals surface area contributed by atoms with Gasteiger partial charge in [-0.25, -0.2) is 8.42 Å². The summed E-state index contributed by atoms with van der Waals surface area (Å²) in [7, 11) is 1.36. The van der Waals surface area contributed by atoms with Gasteiger partial charge in [0.25, 0.3) is 9.05 Å². The molecule has 0 aliphatic heterocycles. The maximum absolute atomic E-state index is 11.4. The first-order valence-corrected chi connectivity index (χ1v) is 8.39. The van der Waals surface area contributed by atoms with Gasteiger partial charge in [-0.05, 0) is 12.1 Å². The van der Waals surface area contributed by atoms with Crippen molar-refractivity contribution in [2.24, 2.45) is 0 Å². The minimum absolute atomic E-state index is 0.00506. The lowest BCUT2D eigenvalue weighted by molar-refractivity contribution is 0.351. The lowest BCUT2D eigenvalue weighted by atomic mass is 10.3. The van der Waals surface area contributed by atoms with Gasteiger partial charge in [-0.2, -0.15) is 0 Å². The van der Waals surface area contributed by atoms with Crippen molar-refractivity contribution in [1.29, 1.82) is 0 Å². The number of rotatable bonds is 4. The third-order valence-electron chi connectivity index (χ3n) is 1.61. The quantitative estimate of drug-likeness (QED) is 0.676. The number of halogens is 4. The monoisotopic (exact) mass is 422 g/mol. The van der Waals surface area contributed by atoms with Crippen LogP contribution in [-0.2, 0) is 9.05 Å². The highest BCUT2D eigenvalue weighted by atomic mass is 79.9. The topological polar surface area (TPSA) is 43.4 Å². The summed E-state index contributed by atoms with van der Waals surface area (Å²) < 4.78 is 29.0. The normalized spacial score (nSPS) is 11.3. The fraction of sp³-hybridized carbons (Fsp3) is 0.111. The minimum Gasteiger partial charge on any atom is -0.485 e. The van der Waals surface area contributed by atoms with Gasteiger partial charge in [0.1, 0.15) is 11.5 Å². The molecule has 0 aliphatic carbocycles. The van der Waals surface area contributed by atoms with Crippen LogP contribution in [0.1, 0.15) is 0 Å². The predicted molar refractivity (Wildman–Crippen MR) is 75.8 cm³/mol. The summed E-state index contributed by atoms with van der Waals surface area (Å²) in [5, 5.41) is 0.146. The Labute approximate surface area is 125 Å². The Kier molecular flexibility index (Phi) is 5.34. The molecule has 0 heterocycles. The molecule has 0 aliphatic rings. The molecule has 0 spiro atoms. The van der Waals surface area contributed by atoms with E-state index in [2.05, 4.69) is 38.4 Å². The Morgan fingerprint density at radius 1 is 1.47 bits per heavy atom. The molecule has 0 radical (unpaired) electrons. The molecule has 94 valence electrons. The highest BCUT2D eigenvalue weighted by molar-refractivity contribution is 9.11. The van der Waals surface area contributed by atoms with E-state index in [4.69, 9.17) is 27.0 Å². The molecule has 1 rings (SSSR count). The van der Waals surface area contributed by atoms with E-state index in [0.29, 0.717) is 8.96 Å². The van der Waals surface area contributed by atoms with Crippen molar-refractivity contribution in [3.8, 4) is 5.75 Å². The SMILES string of the molecule is C=C(Br)COc1c(Cl)cc(Br)cc1S(=O)(=O)Cl. The molecule has 1 aromatic carbocycles. The van der Waals surface area contributed by atoms with Gasteiger partial charge in [-0.15, -0.1) is 0 Å². The van der Waals surface area contributed by atoms with Gasteiger partial charge >= 0.3 is 0 Å². The van der Waals surface area contributed by atoms with Crippen molar-refractivity contribution in [2.45, 2.75) is 4.90 Å². The van der Waals surface area contributed by atoms with Gasteiger partial charge in [0.2, 0.25) is 0 Å². The second-order valence-electron chi connectivity index (χ2n) is 2.96. The maximum atomic E-state index is 11.4. The number of benzene rings is 1. The van der Waals surface area contributed by atoms with Crippen LogP contribution in [0.25, 0.3) is 0 Å². The number of hydrogen-bond donors (Lipinski definition) is 0. The summed E-state index contributed by atoms with van der Waals surface area (Å²) in [6.45, 7) is 3.65. The highest BCUT2D eigenvalue weighted by Gasteiger charge is 2.21. The molecule has 8 heteroatoms. The summed E-state index contributed by atoms with van der Waals surface area (Å²) in [5.74, 6) is 0.00506. The molecule has 0 unspecified atom stereocenters. The average molecular weight is 425 g/mol. The van der Waals surface area contributed by atoms with E-state index in [1.165, 1.54) is 12.1 Å². The van der Waals surface area contributed by atoms with Crippen molar-refractivity contribution in [3.05, 3.63) is 32.7 Å². The number of ether oxygens (including phenoxy) is 1. The summed E-state index contributed by atoms with van der Waals surface area (Å²) in [4.78, 5) is -0.188. The lowest BCUT2D eigenvalue weighted by Gasteiger charge is -2.11. The zero-order chi connectivity index (χ0) is 13.2. The molecule has 0 aromatic heterocycles. The first kappa shape index (κ1) is 15.3. The Morgan fingerprint density at radius 2 is 2.06 bits per heavy atom. The van der Waals surface area contributed by atoms with E-state index >= 15 is 0 Å². The first-order chi connectivity index (χ1) is 7.71. The van der Waals surface area contributed by atoms with Gasteiger partial charge in [0.05, 0.1) is 5.02 Å². The molecule has 0 fully saturated rings. The zero-order valence-electron chi connectivity index (χ0n) is 8.21. The molecule has 0 atom stereocenters. The molecule has 0 amide bonds. The zero-order valence-corrected chi connectivity index (χ0v) is 13.7. The Bertz CT molecular complexity index is 558. The van der Waals surface area contributed by atoms with Gasteiger partial charge in [-0.3, -0.25) is 0 Å². The fourth-order valence-electron chi connectivity index (χ4n) is 1.01. The van der Waals surface area contributed by atoms with Crippen LogP contribution in [0.15, 0.2) is 32.6 Å². The van der Waals surface area contributed by atoms with Crippen molar-refractivity contribution >= 4 is 63.2 Å². The van der Waals surface area contributed by atoms with Crippen molar-refractivity contribution in [1.82, 2.24) is 0 Å². The first-order valence-electron chi connectivity index (χ1n) is 4.11. The summed E-state index contributed by atoms with van der Waals surface area (Å²) in [5.41, 5.74) is 0. The van der Waals surface area contributed by atoms with Crippen LogP contribution in [0.3, 0.4) is 0 Å². The predicted octanol–water partition coefficient (Wildman–Crippen LogP) is 4.32. The molecule has 1 aromatic rings. The van der Waals surface area contributed by atoms with E-state index in [9.17, 15) is 8.42 Å². The standard InChI is InChI=1S/C9H6Br2Cl2O3S/c1-5(10)4-16-9-7(12)2-6(11)3-8(9)17(13,14)15/h2-3H,1,4H2. The van der Waals surface area contributed by atoms with Crippen molar-refractivity contribution < 1.29 is 13.2 Å². The fourth-order valence-corrected chi connectivity index (χ4v) is 3.20. The third-order valence-corrected chi connectivity index (χ3v) is 3.90. The molecule has 0 saturated carbocycles. The van der Waals surface area contributed by atoms with Gasteiger partial charge in [-0.1, -0.05) is 50.0 Å². The molecular weight excluding hydrogens is 419 g/mol. The van der Waals surface area contributed by atoms with Crippen LogP contribution < -0.4 is 4.74 Å². The van der Waals surface area contributed by atoms with Gasteiger partial charge in [0, 0.05) is 19.6 Å².